The predicted octanol–water partition coefficient (Wildman–Crippen LogP) is 2.84. The molecule has 98 valence electrons. The third-order valence-electron chi connectivity index (χ3n) is 4.24. The van der Waals surface area contributed by atoms with Crippen molar-refractivity contribution in [3.63, 3.8) is 0 Å². The van der Waals surface area contributed by atoms with Gasteiger partial charge in [-0.05, 0) is 30.4 Å². The lowest BCUT2D eigenvalue weighted by molar-refractivity contribution is -0.176. The van der Waals surface area contributed by atoms with Crippen molar-refractivity contribution >= 4 is 0 Å². The highest BCUT2D eigenvalue weighted by Gasteiger charge is 2.54. The summed E-state index contributed by atoms with van der Waals surface area (Å²) in [6.07, 6.45) is 2.22. The molecule has 2 aromatic rings. The third kappa shape index (κ3) is 1.79. The van der Waals surface area contributed by atoms with E-state index in [0.29, 0.717) is 12.8 Å². The van der Waals surface area contributed by atoms with Gasteiger partial charge in [0.1, 0.15) is 11.2 Å². The number of hydrogen-bond donors (Lipinski definition) is 2. The summed E-state index contributed by atoms with van der Waals surface area (Å²) < 4.78 is 0. The second kappa shape index (κ2) is 4.48. The van der Waals surface area contributed by atoms with Crippen LogP contribution in [-0.4, -0.2) is 15.8 Å². The molecule has 0 unspecified atom stereocenters. The fourth-order valence-corrected chi connectivity index (χ4v) is 2.94. The van der Waals surface area contributed by atoms with Crippen LogP contribution in [0.25, 0.3) is 0 Å². The van der Waals surface area contributed by atoms with Gasteiger partial charge in [0, 0.05) is 0 Å². The van der Waals surface area contributed by atoms with Gasteiger partial charge in [-0.3, -0.25) is 0 Å². The molecule has 0 bridgehead atoms. The molecule has 1 aliphatic rings. The lowest BCUT2D eigenvalue weighted by Gasteiger charge is -2.50. The molecular weight excluding hydrogens is 236 g/mol. The summed E-state index contributed by atoms with van der Waals surface area (Å²) in [5.74, 6) is 0. The van der Waals surface area contributed by atoms with Gasteiger partial charge in [0.05, 0.1) is 0 Å². The Hall–Kier alpha value is -1.64. The van der Waals surface area contributed by atoms with Gasteiger partial charge in [-0.2, -0.15) is 0 Å². The quantitative estimate of drug-likeness (QED) is 0.884. The molecule has 0 atom stereocenters. The van der Waals surface area contributed by atoms with Crippen molar-refractivity contribution < 1.29 is 10.2 Å². The standard InChI is InChI=1S/C17H18O2/c18-16(12-7-13-16)17(19,14-8-3-1-4-9-14)15-10-5-2-6-11-15/h1-6,8-11,18-19H,7,12-13H2. The zero-order chi connectivity index (χ0) is 13.3. The lowest BCUT2D eigenvalue weighted by atomic mass is 9.63. The average Bonchev–Trinajstić information content (AvgIpc) is 2.46. The van der Waals surface area contributed by atoms with E-state index in [9.17, 15) is 10.2 Å². The van der Waals surface area contributed by atoms with Gasteiger partial charge >= 0.3 is 0 Å². The molecule has 0 aromatic heterocycles. The summed E-state index contributed by atoms with van der Waals surface area (Å²) >= 11 is 0. The van der Waals surface area contributed by atoms with E-state index in [4.69, 9.17) is 0 Å². The molecule has 1 aliphatic carbocycles. The van der Waals surface area contributed by atoms with Crippen LogP contribution in [0.3, 0.4) is 0 Å². The minimum atomic E-state index is -1.33. The van der Waals surface area contributed by atoms with E-state index >= 15 is 0 Å². The molecule has 19 heavy (non-hydrogen) atoms. The summed E-state index contributed by atoms with van der Waals surface area (Å²) in [7, 11) is 0. The smallest absolute Gasteiger partial charge is 0.143 e. The zero-order valence-electron chi connectivity index (χ0n) is 10.8. The molecule has 2 aromatic carbocycles. The van der Waals surface area contributed by atoms with Crippen LogP contribution in [0.5, 0.6) is 0 Å². The Morgan fingerprint density at radius 3 is 1.53 bits per heavy atom. The Kier molecular flexibility index (Phi) is 2.92. The maximum Gasteiger partial charge on any atom is 0.143 e. The summed E-state index contributed by atoms with van der Waals surface area (Å²) in [4.78, 5) is 0. The van der Waals surface area contributed by atoms with E-state index in [1.807, 2.05) is 60.7 Å². The zero-order valence-corrected chi connectivity index (χ0v) is 10.8. The highest BCUT2D eigenvalue weighted by molar-refractivity contribution is 5.40. The molecule has 0 spiro atoms. The van der Waals surface area contributed by atoms with E-state index in [0.717, 1.165) is 17.5 Å². The van der Waals surface area contributed by atoms with E-state index in [1.54, 1.807) is 0 Å². The van der Waals surface area contributed by atoms with Gasteiger partial charge in [0.2, 0.25) is 0 Å². The number of hydrogen-bond acceptors (Lipinski definition) is 2. The van der Waals surface area contributed by atoms with Crippen LogP contribution in [0.4, 0.5) is 0 Å². The molecule has 1 saturated carbocycles. The van der Waals surface area contributed by atoms with Gasteiger partial charge in [-0.1, -0.05) is 60.7 Å². The highest BCUT2D eigenvalue weighted by atomic mass is 16.4. The molecular formula is C17H18O2. The van der Waals surface area contributed by atoms with E-state index < -0.39 is 11.2 Å². The van der Waals surface area contributed by atoms with Gasteiger partial charge < -0.3 is 10.2 Å². The van der Waals surface area contributed by atoms with Crippen LogP contribution in [0.2, 0.25) is 0 Å². The third-order valence-corrected chi connectivity index (χ3v) is 4.24. The van der Waals surface area contributed by atoms with Crippen molar-refractivity contribution in [2.24, 2.45) is 0 Å². The van der Waals surface area contributed by atoms with Gasteiger partial charge in [-0.15, -0.1) is 0 Å². The number of rotatable bonds is 3. The SMILES string of the molecule is OC1(C(O)(c2ccccc2)c2ccccc2)CCC1. The molecule has 2 heteroatoms. The fourth-order valence-electron chi connectivity index (χ4n) is 2.94. The molecule has 0 saturated heterocycles. The van der Waals surface area contributed by atoms with Crippen molar-refractivity contribution in [3.05, 3.63) is 71.8 Å². The molecule has 0 amide bonds. The molecule has 0 heterocycles. The number of aliphatic hydroxyl groups is 2. The largest absolute Gasteiger partial charge is 0.386 e. The first-order chi connectivity index (χ1) is 9.17. The topological polar surface area (TPSA) is 40.5 Å². The summed E-state index contributed by atoms with van der Waals surface area (Å²) in [5.41, 5.74) is -0.879. The van der Waals surface area contributed by atoms with E-state index in [-0.39, 0.29) is 0 Å². The maximum atomic E-state index is 11.3. The Morgan fingerprint density at radius 2 is 1.21 bits per heavy atom. The summed E-state index contributed by atoms with van der Waals surface area (Å²) in [5, 5.41) is 22.1. The first-order valence-corrected chi connectivity index (χ1v) is 6.73. The minimum Gasteiger partial charge on any atom is -0.386 e. The van der Waals surface area contributed by atoms with Gasteiger partial charge in [-0.25, -0.2) is 0 Å². The monoisotopic (exact) mass is 254 g/mol. The van der Waals surface area contributed by atoms with Crippen LogP contribution in [0.15, 0.2) is 60.7 Å². The Morgan fingerprint density at radius 1 is 0.789 bits per heavy atom. The van der Waals surface area contributed by atoms with Crippen molar-refractivity contribution in [1.82, 2.24) is 0 Å². The molecule has 0 aliphatic heterocycles. The average molecular weight is 254 g/mol. The van der Waals surface area contributed by atoms with E-state index in [1.165, 1.54) is 0 Å². The van der Waals surface area contributed by atoms with Crippen molar-refractivity contribution in [1.29, 1.82) is 0 Å². The second-order valence-electron chi connectivity index (χ2n) is 5.33. The Balaban J connectivity index is 2.17. The van der Waals surface area contributed by atoms with Crippen LogP contribution >= 0.6 is 0 Å². The lowest BCUT2D eigenvalue weighted by Crippen LogP contribution is -2.56. The van der Waals surface area contributed by atoms with Crippen molar-refractivity contribution in [2.75, 3.05) is 0 Å². The first kappa shape index (κ1) is 12.4. The normalized spacial score (nSPS) is 17.8. The van der Waals surface area contributed by atoms with Gasteiger partial charge in [0.15, 0.2) is 0 Å². The van der Waals surface area contributed by atoms with Crippen LogP contribution in [0.1, 0.15) is 30.4 Å². The summed E-state index contributed by atoms with van der Waals surface area (Å²) in [6, 6.07) is 18.9. The minimum absolute atomic E-state index is 0.632. The molecule has 2 nitrogen and oxygen atoms in total. The Labute approximate surface area is 113 Å². The maximum absolute atomic E-state index is 11.3. The predicted molar refractivity (Wildman–Crippen MR) is 74.7 cm³/mol. The molecule has 0 radical (unpaired) electrons. The molecule has 2 N–H and O–H groups in total. The second-order valence-corrected chi connectivity index (χ2v) is 5.33. The highest BCUT2D eigenvalue weighted by Crippen LogP contribution is 2.49. The fraction of sp³-hybridized carbons (Fsp3) is 0.294. The summed E-state index contributed by atoms with van der Waals surface area (Å²) in [6.45, 7) is 0. The van der Waals surface area contributed by atoms with E-state index in [2.05, 4.69) is 0 Å². The molecule has 1 fully saturated rings. The van der Waals surface area contributed by atoms with Crippen molar-refractivity contribution in [2.45, 2.75) is 30.5 Å². The Bertz CT molecular complexity index is 504. The first-order valence-electron chi connectivity index (χ1n) is 6.73. The van der Waals surface area contributed by atoms with Gasteiger partial charge in [0.25, 0.3) is 0 Å². The van der Waals surface area contributed by atoms with Crippen molar-refractivity contribution in [3.8, 4) is 0 Å². The number of benzene rings is 2. The van der Waals surface area contributed by atoms with Crippen LogP contribution in [0, 0.1) is 0 Å². The molecule has 3 rings (SSSR count). The van der Waals surface area contributed by atoms with Crippen LogP contribution < -0.4 is 0 Å². The van der Waals surface area contributed by atoms with Crippen LogP contribution in [-0.2, 0) is 5.60 Å².